The Labute approximate surface area is 273 Å². The molecule has 8 bridgehead atoms. The lowest BCUT2D eigenvalue weighted by Crippen LogP contribution is -2.15. The van der Waals surface area contributed by atoms with Crippen molar-refractivity contribution >= 4 is 28.8 Å². The number of aromatic nitrogens is 1. The third-order valence-corrected chi connectivity index (χ3v) is 9.86. The molecule has 0 atom stereocenters. The molecule has 6 rings (SSSR count). The van der Waals surface area contributed by atoms with Gasteiger partial charge in [0.2, 0.25) is 0 Å². The van der Waals surface area contributed by atoms with Crippen LogP contribution in [0.1, 0.15) is 95.8 Å². The van der Waals surface area contributed by atoms with Crippen molar-refractivity contribution in [3.63, 3.8) is 0 Å². The number of hydrogen-bond donors (Lipinski definition) is 2. The molecule has 0 saturated heterocycles. The smallest absolute Gasteiger partial charge is 0.0791 e. The van der Waals surface area contributed by atoms with E-state index < -0.39 is 0 Å². The zero-order valence-electron chi connectivity index (χ0n) is 28.4. The van der Waals surface area contributed by atoms with E-state index in [4.69, 9.17) is 15.0 Å². The van der Waals surface area contributed by atoms with E-state index in [1.165, 1.54) is 39.0 Å². The van der Waals surface area contributed by atoms with Crippen molar-refractivity contribution in [2.24, 2.45) is 15.0 Å². The van der Waals surface area contributed by atoms with Crippen molar-refractivity contribution in [3.8, 4) is 0 Å². The molecular weight excluding hydrogens is 564 g/mol. The van der Waals surface area contributed by atoms with Crippen LogP contribution in [0.5, 0.6) is 0 Å². The quantitative estimate of drug-likeness (QED) is 0.315. The standard InChI is InChI=1S/C41H44N4O/c1-9-28-23(5)33-21-35-25(7)30(11-3)40(44-35)37(27-17-14-13-15-18-27)41-31(12-4)26(8)36(45-41)22-34-24(6)29(10-2)39(43-34)32(19-16-20-46)38(28)42-33/h13-22,44,46H,9-12H2,1-8H3/b20-16+,32-19+,33-21?,34-22?,41-37?. The second-order valence-electron chi connectivity index (χ2n) is 12.2. The number of aliphatic hydroxyl groups excluding tert-OH is 1. The van der Waals surface area contributed by atoms with Crippen LogP contribution in [0.2, 0.25) is 0 Å². The van der Waals surface area contributed by atoms with Crippen LogP contribution in [0.4, 0.5) is 0 Å². The third kappa shape index (κ3) is 4.99. The van der Waals surface area contributed by atoms with E-state index in [0.717, 1.165) is 99.8 Å². The molecule has 2 N–H and O–H groups in total. The molecular formula is C41H44N4O. The predicted octanol–water partition coefficient (Wildman–Crippen LogP) is 10.4. The van der Waals surface area contributed by atoms with Crippen LogP contribution in [0.25, 0.3) is 11.6 Å². The molecule has 234 valence electrons. The van der Waals surface area contributed by atoms with Crippen LogP contribution in [-0.2, 0) is 6.42 Å². The molecule has 0 unspecified atom stereocenters. The number of nitrogens with zero attached hydrogens (tertiary/aromatic N) is 3. The van der Waals surface area contributed by atoms with Crippen LogP contribution >= 0.6 is 0 Å². The average molecular weight is 609 g/mol. The Hall–Kier alpha value is -4.77. The number of fused-ring (bicyclic) bond motifs is 5. The van der Waals surface area contributed by atoms with Gasteiger partial charge in [0.15, 0.2) is 0 Å². The number of H-pyrrole nitrogens is 1. The molecule has 0 radical (unpaired) electrons. The van der Waals surface area contributed by atoms with Gasteiger partial charge in [-0.25, -0.2) is 15.0 Å². The fourth-order valence-electron chi connectivity index (χ4n) is 7.32. The van der Waals surface area contributed by atoms with Gasteiger partial charge in [0.05, 0.1) is 46.2 Å². The number of nitrogens with one attached hydrogen (secondary N) is 1. The highest BCUT2D eigenvalue weighted by Crippen LogP contribution is 2.42. The number of hydrogen-bond acceptors (Lipinski definition) is 4. The van der Waals surface area contributed by atoms with Gasteiger partial charge in [-0.05, 0) is 128 Å². The largest absolute Gasteiger partial charge is 0.516 e. The molecule has 1 aromatic carbocycles. The molecule has 0 amide bonds. The van der Waals surface area contributed by atoms with E-state index in [0.29, 0.717) is 0 Å². The van der Waals surface area contributed by atoms with Crippen molar-refractivity contribution in [1.82, 2.24) is 4.98 Å². The lowest BCUT2D eigenvalue weighted by molar-refractivity contribution is 0.473. The third-order valence-electron chi connectivity index (χ3n) is 9.86. The molecule has 0 saturated carbocycles. The van der Waals surface area contributed by atoms with E-state index in [1.54, 1.807) is 6.08 Å². The SMILES string of the molecule is CCC1=C(C)C2=CC3=NC(=C(c4ccccc4)c4[nH]c(c(C)c4CC)C=C4N=C(C(CC)=C4C)/C(=C\C=C\O)C1=N2)C(CC)=C3C. The molecule has 5 heterocycles. The summed E-state index contributed by atoms with van der Waals surface area (Å²) in [5, 5.41) is 9.73. The minimum Gasteiger partial charge on any atom is -0.516 e. The Morgan fingerprint density at radius 3 is 1.89 bits per heavy atom. The molecule has 1 aromatic heterocycles. The summed E-state index contributed by atoms with van der Waals surface area (Å²) in [5.74, 6) is 0. The molecule has 2 aromatic rings. The summed E-state index contributed by atoms with van der Waals surface area (Å²) < 4.78 is 0. The zero-order valence-corrected chi connectivity index (χ0v) is 28.4. The normalized spacial score (nSPS) is 19.1. The van der Waals surface area contributed by atoms with Crippen LogP contribution in [-0.4, -0.2) is 27.2 Å². The zero-order chi connectivity index (χ0) is 32.7. The van der Waals surface area contributed by atoms with Crippen LogP contribution in [0.15, 0.2) is 126 Å². The number of benzene rings is 1. The second-order valence-corrected chi connectivity index (χ2v) is 12.2. The van der Waals surface area contributed by atoms with Gasteiger partial charge in [0, 0.05) is 16.8 Å². The van der Waals surface area contributed by atoms with Crippen LogP contribution in [0.3, 0.4) is 0 Å². The van der Waals surface area contributed by atoms with Gasteiger partial charge < -0.3 is 10.1 Å². The van der Waals surface area contributed by atoms with E-state index in [-0.39, 0.29) is 0 Å². The summed E-state index contributed by atoms with van der Waals surface area (Å²) in [4.78, 5) is 19.9. The van der Waals surface area contributed by atoms with Gasteiger partial charge in [-0.3, -0.25) is 0 Å². The predicted molar refractivity (Wildman–Crippen MR) is 195 cm³/mol. The highest BCUT2D eigenvalue weighted by atomic mass is 16.2. The van der Waals surface area contributed by atoms with Gasteiger partial charge in [0.25, 0.3) is 0 Å². The van der Waals surface area contributed by atoms with Crippen molar-refractivity contribution in [2.75, 3.05) is 0 Å². The van der Waals surface area contributed by atoms with Gasteiger partial charge in [0.1, 0.15) is 0 Å². The highest BCUT2D eigenvalue weighted by Gasteiger charge is 2.32. The van der Waals surface area contributed by atoms with Gasteiger partial charge in [-0.2, -0.15) is 0 Å². The first kappa shape index (κ1) is 31.2. The van der Waals surface area contributed by atoms with E-state index in [9.17, 15) is 5.11 Å². The van der Waals surface area contributed by atoms with Gasteiger partial charge in [-0.15, -0.1) is 0 Å². The molecule has 5 heteroatoms. The van der Waals surface area contributed by atoms with Crippen LogP contribution in [0, 0.1) is 6.92 Å². The van der Waals surface area contributed by atoms with Crippen molar-refractivity contribution in [2.45, 2.75) is 81.1 Å². The summed E-state index contributed by atoms with van der Waals surface area (Å²) in [6.45, 7) is 17.6. The summed E-state index contributed by atoms with van der Waals surface area (Å²) in [6.07, 6.45) is 12.5. The van der Waals surface area contributed by atoms with E-state index >= 15 is 0 Å². The van der Waals surface area contributed by atoms with Crippen LogP contribution < -0.4 is 0 Å². The van der Waals surface area contributed by atoms with E-state index in [2.05, 4.69) is 103 Å². The first-order chi connectivity index (χ1) is 22.3. The maximum absolute atomic E-state index is 9.73. The fourth-order valence-corrected chi connectivity index (χ4v) is 7.32. The summed E-state index contributed by atoms with van der Waals surface area (Å²) in [5.41, 5.74) is 20.8. The number of aromatic amines is 1. The maximum atomic E-state index is 9.73. The highest BCUT2D eigenvalue weighted by molar-refractivity contribution is 6.37. The molecule has 5 nitrogen and oxygen atoms in total. The first-order valence-corrected chi connectivity index (χ1v) is 16.6. The Bertz CT molecular complexity index is 1990. The second kappa shape index (κ2) is 12.6. The topological polar surface area (TPSA) is 73.1 Å². The molecule has 0 spiro atoms. The molecule has 4 aliphatic heterocycles. The molecule has 4 aliphatic rings. The fraction of sp³-hybridized carbons (Fsp3) is 0.293. The average Bonchev–Trinajstić information content (AvgIpc) is 3.75. The molecule has 0 fully saturated rings. The Morgan fingerprint density at radius 1 is 0.717 bits per heavy atom. The van der Waals surface area contributed by atoms with Crippen molar-refractivity contribution in [1.29, 1.82) is 0 Å². The minimum atomic E-state index is 0.830. The van der Waals surface area contributed by atoms with Gasteiger partial charge in [-0.1, -0.05) is 58.0 Å². The van der Waals surface area contributed by atoms with Crippen molar-refractivity contribution in [3.05, 3.63) is 139 Å². The lowest BCUT2D eigenvalue weighted by Gasteiger charge is -2.14. The summed E-state index contributed by atoms with van der Waals surface area (Å²) in [6, 6.07) is 10.7. The maximum Gasteiger partial charge on any atom is 0.0791 e. The van der Waals surface area contributed by atoms with Gasteiger partial charge >= 0.3 is 0 Å². The lowest BCUT2D eigenvalue weighted by atomic mass is 9.90. The number of aliphatic hydroxyl groups is 1. The first-order valence-electron chi connectivity index (χ1n) is 16.6. The summed E-state index contributed by atoms with van der Waals surface area (Å²) >= 11 is 0. The Morgan fingerprint density at radius 2 is 1.33 bits per heavy atom. The number of allylic oxidation sites excluding steroid dienone is 10. The molecule has 46 heavy (non-hydrogen) atoms. The number of rotatable bonds is 6. The minimum absolute atomic E-state index is 0.830. The van der Waals surface area contributed by atoms with Crippen molar-refractivity contribution < 1.29 is 5.11 Å². The van der Waals surface area contributed by atoms with E-state index in [1.807, 2.05) is 6.08 Å². The Balaban J connectivity index is 1.78. The molecule has 0 aliphatic carbocycles. The Kier molecular flexibility index (Phi) is 8.52. The monoisotopic (exact) mass is 608 g/mol. The summed E-state index contributed by atoms with van der Waals surface area (Å²) in [7, 11) is 0. The number of aliphatic imine (C=N–C) groups is 3.